The molecule has 0 aromatic heterocycles. The van der Waals surface area contributed by atoms with Crippen molar-refractivity contribution < 1.29 is 14.6 Å². The van der Waals surface area contributed by atoms with Gasteiger partial charge in [-0.15, -0.1) is 0 Å². The van der Waals surface area contributed by atoms with E-state index in [1.54, 1.807) is 14.2 Å². The van der Waals surface area contributed by atoms with Crippen molar-refractivity contribution in [3.63, 3.8) is 0 Å². The Morgan fingerprint density at radius 1 is 1.00 bits per heavy atom. The minimum Gasteiger partial charge on any atom is -0.493 e. The van der Waals surface area contributed by atoms with Gasteiger partial charge in [-0.1, -0.05) is 0 Å². The quantitative estimate of drug-likeness (QED) is 0.833. The normalized spacial score (nSPS) is 19.5. The molecule has 0 unspecified atom stereocenters. The van der Waals surface area contributed by atoms with Crippen molar-refractivity contribution in [3.8, 4) is 11.5 Å². The largest absolute Gasteiger partial charge is 0.493 e. The number of ether oxygens (including phenoxy) is 2. The van der Waals surface area contributed by atoms with Crippen LogP contribution >= 0.6 is 0 Å². The highest BCUT2D eigenvalue weighted by Crippen LogP contribution is 2.39. The van der Waals surface area contributed by atoms with Crippen molar-refractivity contribution in [2.75, 3.05) is 40.5 Å². The van der Waals surface area contributed by atoms with E-state index in [2.05, 4.69) is 17.0 Å². The Bertz CT molecular complexity index is 505. The monoisotopic (exact) mass is 333 g/mol. The number of fused-ring (bicyclic) bond motifs is 1. The van der Waals surface area contributed by atoms with E-state index in [1.807, 2.05) is 0 Å². The van der Waals surface area contributed by atoms with Gasteiger partial charge in [-0.2, -0.15) is 0 Å². The molecule has 3 rings (SSSR count). The molecule has 0 spiro atoms. The number of nitrogens with zero attached hydrogens (tertiary/aromatic N) is 1. The molecule has 1 aromatic carbocycles. The van der Waals surface area contributed by atoms with Crippen LogP contribution in [0, 0.1) is 11.8 Å². The van der Waals surface area contributed by atoms with Gasteiger partial charge in [0.1, 0.15) is 0 Å². The van der Waals surface area contributed by atoms with E-state index in [1.165, 1.54) is 56.3 Å². The van der Waals surface area contributed by atoms with Crippen LogP contribution in [0.3, 0.4) is 0 Å². The summed E-state index contributed by atoms with van der Waals surface area (Å²) in [6.07, 6.45) is 7.23. The first-order valence-corrected chi connectivity index (χ1v) is 9.30. The zero-order chi connectivity index (χ0) is 16.9. The predicted octanol–water partition coefficient (Wildman–Crippen LogP) is 2.90. The SMILES string of the molecule is COc1cc2c(cc1OC)CC(CC1CCN(CCCO)CC1)C2. The molecule has 1 fully saturated rings. The molecule has 1 saturated heterocycles. The molecule has 0 amide bonds. The standard InChI is InChI=1S/C20H31NO3/c1-23-19-13-17-11-16(12-18(17)14-20(19)24-2)10-15-4-7-21(8-5-15)6-3-9-22/h13-16,22H,3-12H2,1-2H3. The number of methoxy groups -OCH3 is 2. The van der Waals surface area contributed by atoms with Crippen molar-refractivity contribution >= 4 is 0 Å². The average Bonchev–Trinajstić information content (AvgIpc) is 3.00. The third-order valence-corrected chi connectivity index (χ3v) is 5.73. The Hall–Kier alpha value is -1.26. The smallest absolute Gasteiger partial charge is 0.161 e. The molecule has 1 N–H and O–H groups in total. The highest BCUT2D eigenvalue weighted by Gasteiger charge is 2.28. The van der Waals surface area contributed by atoms with Gasteiger partial charge in [-0.05, 0) is 86.7 Å². The zero-order valence-electron chi connectivity index (χ0n) is 15.1. The van der Waals surface area contributed by atoms with Crippen LogP contribution in [0.4, 0.5) is 0 Å². The third kappa shape index (κ3) is 4.04. The molecular formula is C20H31NO3. The van der Waals surface area contributed by atoms with Crippen molar-refractivity contribution in [2.45, 2.75) is 38.5 Å². The fraction of sp³-hybridized carbons (Fsp3) is 0.700. The fourth-order valence-electron chi connectivity index (χ4n) is 4.42. The number of piperidine rings is 1. The number of rotatable bonds is 7. The molecule has 4 nitrogen and oxygen atoms in total. The Labute approximate surface area is 145 Å². The summed E-state index contributed by atoms with van der Waals surface area (Å²) in [5.41, 5.74) is 2.89. The Balaban J connectivity index is 1.52. The summed E-state index contributed by atoms with van der Waals surface area (Å²) >= 11 is 0. The minimum atomic E-state index is 0.313. The minimum absolute atomic E-state index is 0.313. The van der Waals surface area contributed by atoms with Gasteiger partial charge in [-0.25, -0.2) is 0 Å². The lowest BCUT2D eigenvalue weighted by atomic mass is 9.86. The maximum absolute atomic E-state index is 8.95. The zero-order valence-corrected chi connectivity index (χ0v) is 15.1. The van der Waals surface area contributed by atoms with Crippen molar-refractivity contribution in [3.05, 3.63) is 23.3 Å². The summed E-state index contributed by atoms with van der Waals surface area (Å²) in [7, 11) is 3.42. The molecule has 1 aliphatic carbocycles. The Morgan fingerprint density at radius 2 is 1.58 bits per heavy atom. The number of likely N-dealkylation sites (tertiary alicyclic amines) is 1. The molecule has 0 bridgehead atoms. The van der Waals surface area contributed by atoms with Gasteiger partial charge in [0.15, 0.2) is 11.5 Å². The number of hydrogen-bond acceptors (Lipinski definition) is 4. The molecule has 0 atom stereocenters. The van der Waals surface area contributed by atoms with E-state index in [-0.39, 0.29) is 0 Å². The third-order valence-electron chi connectivity index (χ3n) is 5.73. The summed E-state index contributed by atoms with van der Waals surface area (Å²) < 4.78 is 10.9. The van der Waals surface area contributed by atoms with Crippen LogP contribution in [0.2, 0.25) is 0 Å². The predicted molar refractivity (Wildman–Crippen MR) is 95.9 cm³/mol. The van der Waals surface area contributed by atoms with Crippen LogP contribution in [-0.4, -0.2) is 50.5 Å². The van der Waals surface area contributed by atoms with Gasteiger partial charge < -0.3 is 19.5 Å². The van der Waals surface area contributed by atoms with Gasteiger partial charge >= 0.3 is 0 Å². The van der Waals surface area contributed by atoms with Crippen molar-refractivity contribution in [2.24, 2.45) is 11.8 Å². The molecular weight excluding hydrogens is 302 g/mol. The topological polar surface area (TPSA) is 41.9 Å². The van der Waals surface area contributed by atoms with Gasteiger partial charge in [0.2, 0.25) is 0 Å². The first-order chi connectivity index (χ1) is 11.7. The molecule has 4 heteroatoms. The van der Waals surface area contributed by atoms with E-state index in [0.29, 0.717) is 6.61 Å². The fourth-order valence-corrected chi connectivity index (χ4v) is 4.42. The van der Waals surface area contributed by atoms with Crippen LogP contribution in [-0.2, 0) is 12.8 Å². The second kappa shape index (κ2) is 8.21. The van der Waals surface area contributed by atoms with E-state index in [4.69, 9.17) is 14.6 Å². The van der Waals surface area contributed by atoms with Crippen LogP contribution in [0.1, 0.15) is 36.8 Å². The maximum Gasteiger partial charge on any atom is 0.161 e. The molecule has 134 valence electrons. The average molecular weight is 333 g/mol. The number of benzene rings is 1. The Morgan fingerprint density at radius 3 is 2.08 bits per heavy atom. The summed E-state index contributed by atoms with van der Waals surface area (Å²) in [5, 5.41) is 8.95. The van der Waals surface area contributed by atoms with Gasteiger partial charge in [0, 0.05) is 13.2 Å². The van der Waals surface area contributed by atoms with Crippen LogP contribution in [0.25, 0.3) is 0 Å². The second-order valence-corrected chi connectivity index (χ2v) is 7.35. The highest BCUT2D eigenvalue weighted by atomic mass is 16.5. The lowest BCUT2D eigenvalue weighted by molar-refractivity contribution is 0.154. The van der Waals surface area contributed by atoms with Gasteiger partial charge in [-0.3, -0.25) is 0 Å². The number of aliphatic hydroxyl groups excluding tert-OH is 1. The lowest BCUT2D eigenvalue weighted by Gasteiger charge is -2.33. The highest BCUT2D eigenvalue weighted by molar-refractivity contribution is 5.49. The van der Waals surface area contributed by atoms with Crippen molar-refractivity contribution in [1.29, 1.82) is 0 Å². The molecule has 24 heavy (non-hydrogen) atoms. The van der Waals surface area contributed by atoms with Crippen LogP contribution < -0.4 is 9.47 Å². The first-order valence-electron chi connectivity index (χ1n) is 9.30. The molecule has 1 aliphatic heterocycles. The summed E-state index contributed by atoms with van der Waals surface area (Å²) in [4.78, 5) is 2.51. The van der Waals surface area contributed by atoms with Gasteiger partial charge in [0.05, 0.1) is 14.2 Å². The molecule has 2 aliphatic rings. The Kier molecular flexibility index (Phi) is 6.01. The number of aliphatic hydroxyl groups is 1. The van der Waals surface area contributed by atoms with Crippen LogP contribution in [0.5, 0.6) is 11.5 Å². The summed E-state index contributed by atoms with van der Waals surface area (Å²) in [6.45, 7) is 3.77. The first kappa shape index (κ1) is 17.6. The lowest BCUT2D eigenvalue weighted by Crippen LogP contribution is -2.35. The van der Waals surface area contributed by atoms with E-state index >= 15 is 0 Å². The van der Waals surface area contributed by atoms with Crippen LogP contribution in [0.15, 0.2) is 12.1 Å². The van der Waals surface area contributed by atoms with E-state index < -0.39 is 0 Å². The second-order valence-electron chi connectivity index (χ2n) is 7.35. The summed E-state index contributed by atoms with van der Waals surface area (Å²) in [5.74, 6) is 3.34. The van der Waals surface area contributed by atoms with Gasteiger partial charge in [0.25, 0.3) is 0 Å². The van der Waals surface area contributed by atoms with Crippen molar-refractivity contribution in [1.82, 2.24) is 4.90 Å². The maximum atomic E-state index is 8.95. The number of hydrogen-bond donors (Lipinski definition) is 1. The summed E-state index contributed by atoms with van der Waals surface area (Å²) in [6, 6.07) is 4.34. The molecule has 1 heterocycles. The molecule has 0 radical (unpaired) electrons. The molecule has 0 saturated carbocycles. The van der Waals surface area contributed by atoms with E-state index in [9.17, 15) is 0 Å². The van der Waals surface area contributed by atoms with E-state index in [0.717, 1.165) is 36.3 Å². The molecule has 1 aromatic rings.